The molecule has 0 N–H and O–H groups in total. The fourth-order valence-corrected chi connectivity index (χ4v) is 2.46. The SMILES string of the molecule is O=[N+]([O-])CCCCCCCCO[n+]1cccc2ccccc21. The zero-order valence-corrected chi connectivity index (χ0v) is 12.8. The second kappa shape index (κ2) is 8.97. The molecule has 0 bridgehead atoms. The zero-order chi connectivity index (χ0) is 15.6. The first-order chi connectivity index (χ1) is 10.8. The maximum atomic E-state index is 10.2. The molecule has 0 aliphatic heterocycles. The Morgan fingerprint density at radius 3 is 2.45 bits per heavy atom. The van der Waals surface area contributed by atoms with Crippen LogP contribution >= 0.6 is 0 Å². The van der Waals surface area contributed by atoms with Gasteiger partial charge in [-0.25, -0.2) is 0 Å². The summed E-state index contributed by atoms with van der Waals surface area (Å²) in [5, 5.41) is 11.4. The van der Waals surface area contributed by atoms with Gasteiger partial charge in [-0.05, 0) is 31.4 Å². The summed E-state index contributed by atoms with van der Waals surface area (Å²) < 4.78 is 1.83. The van der Waals surface area contributed by atoms with Crippen molar-refractivity contribution in [1.29, 1.82) is 0 Å². The third-order valence-corrected chi connectivity index (χ3v) is 3.64. The van der Waals surface area contributed by atoms with E-state index in [1.807, 2.05) is 35.2 Å². The largest absolute Gasteiger partial charge is 0.271 e. The average molecular weight is 303 g/mol. The van der Waals surface area contributed by atoms with Crippen LogP contribution in [-0.2, 0) is 0 Å². The standard InChI is InChI=1S/C17H23N2O3/c20-19(21)14-7-3-1-2-4-8-15-22-18-13-9-11-16-10-5-6-12-17(16)18/h5-6,9-13H,1-4,7-8,14-15H2/q+1. The lowest BCUT2D eigenvalue weighted by Crippen LogP contribution is -2.43. The number of rotatable bonds is 10. The number of pyridine rings is 1. The van der Waals surface area contributed by atoms with Crippen LogP contribution in [0, 0.1) is 10.1 Å². The molecule has 118 valence electrons. The normalized spacial score (nSPS) is 10.7. The van der Waals surface area contributed by atoms with Crippen molar-refractivity contribution in [2.24, 2.45) is 0 Å². The van der Waals surface area contributed by atoms with Crippen LogP contribution in [0.5, 0.6) is 0 Å². The molecule has 0 atom stereocenters. The monoisotopic (exact) mass is 303 g/mol. The van der Waals surface area contributed by atoms with Crippen molar-refractivity contribution in [3.63, 3.8) is 0 Å². The molecule has 0 fully saturated rings. The number of nitrogens with zero attached hydrogens (tertiary/aromatic N) is 2. The minimum atomic E-state index is -0.241. The summed E-state index contributed by atoms with van der Waals surface area (Å²) in [7, 11) is 0. The highest BCUT2D eigenvalue weighted by Crippen LogP contribution is 2.08. The number of fused-ring (bicyclic) bond motifs is 1. The van der Waals surface area contributed by atoms with Crippen molar-refractivity contribution >= 4 is 10.9 Å². The topological polar surface area (TPSA) is 56.3 Å². The van der Waals surface area contributed by atoms with Crippen molar-refractivity contribution in [3.8, 4) is 0 Å². The molecule has 1 aromatic carbocycles. The third-order valence-electron chi connectivity index (χ3n) is 3.64. The summed E-state index contributed by atoms with van der Waals surface area (Å²) in [6.45, 7) is 0.786. The maximum absolute atomic E-state index is 10.2. The Hall–Kier alpha value is -2.17. The predicted octanol–water partition coefficient (Wildman–Crippen LogP) is 3.17. The van der Waals surface area contributed by atoms with Crippen molar-refractivity contribution in [1.82, 2.24) is 0 Å². The zero-order valence-electron chi connectivity index (χ0n) is 12.8. The Morgan fingerprint density at radius 1 is 0.955 bits per heavy atom. The molecule has 0 unspecified atom stereocenters. The van der Waals surface area contributed by atoms with Crippen molar-refractivity contribution in [2.45, 2.75) is 38.5 Å². The van der Waals surface area contributed by atoms with E-state index >= 15 is 0 Å². The highest BCUT2D eigenvalue weighted by Gasteiger charge is 2.08. The molecule has 0 aliphatic carbocycles. The number of para-hydroxylation sites is 1. The number of nitro groups is 1. The van der Waals surface area contributed by atoms with Gasteiger partial charge in [0.05, 0.1) is 5.39 Å². The smallest absolute Gasteiger partial charge is 0.264 e. The van der Waals surface area contributed by atoms with Gasteiger partial charge >= 0.3 is 0 Å². The molecule has 1 aromatic heterocycles. The van der Waals surface area contributed by atoms with Gasteiger partial charge in [-0.15, -0.1) is 0 Å². The van der Waals surface area contributed by atoms with Crippen LogP contribution in [0.1, 0.15) is 38.5 Å². The van der Waals surface area contributed by atoms with Gasteiger partial charge in [-0.2, -0.15) is 0 Å². The van der Waals surface area contributed by atoms with Gasteiger partial charge in [-0.3, -0.25) is 15.0 Å². The minimum absolute atomic E-state index is 0.0980. The van der Waals surface area contributed by atoms with E-state index in [4.69, 9.17) is 4.84 Å². The fourth-order valence-electron chi connectivity index (χ4n) is 2.46. The van der Waals surface area contributed by atoms with Crippen molar-refractivity contribution in [3.05, 3.63) is 52.7 Å². The van der Waals surface area contributed by atoms with Crippen LogP contribution in [-0.4, -0.2) is 18.1 Å². The molecule has 0 saturated heterocycles. The summed E-state index contributed by atoms with van der Waals surface area (Å²) in [5.41, 5.74) is 1.07. The van der Waals surface area contributed by atoms with Crippen LogP contribution in [0.3, 0.4) is 0 Å². The Labute approximate surface area is 130 Å². The number of hydrogen-bond acceptors (Lipinski definition) is 3. The lowest BCUT2D eigenvalue weighted by molar-refractivity contribution is -0.871. The molecular weight excluding hydrogens is 280 g/mol. The van der Waals surface area contributed by atoms with Crippen LogP contribution in [0.25, 0.3) is 10.9 Å². The first-order valence-corrected chi connectivity index (χ1v) is 7.92. The van der Waals surface area contributed by atoms with Crippen LogP contribution in [0.15, 0.2) is 42.6 Å². The number of hydrogen-bond donors (Lipinski definition) is 0. The molecule has 0 spiro atoms. The second-order valence-corrected chi connectivity index (χ2v) is 5.40. The minimum Gasteiger partial charge on any atom is -0.271 e. The summed E-state index contributed by atoms with van der Waals surface area (Å²) in [6, 6.07) is 12.2. The Morgan fingerprint density at radius 2 is 1.64 bits per heavy atom. The molecule has 22 heavy (non-hydrogen) atoms. The fraction of sp³-hybridized carbons (Fsp3) is 0.471. The summed E-state index contributed by atoms with van der Waals surface area (Å²) >= 11 is 0. The van der Waals surface area contributed by atoms with Crippen LogP contribution < -0.4 is 9.57 Å². The van der Waals surface area contributed by atoms with Gasteiger partial charge in [0.15, 0.2) is 6.61 Å². The molecule has 2 rings (SSSR count). The van der Waals surface area contributed by atoms with E-state index in [0.29, 0.717) is 13.0 Å². The second-order valence-electron chi connectivity index (χ2n) is 5.40. The highest BCUT2D eigenvalue weighted by atomic mass is 16.7. The van der Waals surface area contributed by atoms with Crippen LogP contribution in [0.2, 0.25) is 0 Å². The van der Waals surface area contributed by atoms with Gasteiger partial charge in [0.1, 0.15) is 0 Å². The van der Waals surface area contributed by atoms with E-state index in [1.54, 1.807) is 0 Å². The highest BCUT2D eigenvalue weighted by molar-refractivity contribution is 5.74. The van der Waals surface area contributed by atoms with E-state index < -0.39 is 0 Å². The summed E-state index contributed by atoms with van der Waals surface area (Å²) in [4.78, 5) is 15.8. The number of unbranched alkanes of at least 4 members (excludes halogenated alkanes) is 5. The Kier molecular flexibility index (Phi) is 6.61. The number of benzene rings is 1. The van der Waals surface area contributed by atoms with Crippen LogP contribution in [0.4, 0.5) is 0 Å². The predicted molar refractivity (Wildman–Crippen MR) is 85.2 cm³/mol. The quantitative estimate of drug-likeness (QED) is 0.293. The van der Waals surface area contributed by atoms with Gasteiger partial charge in [0.25, 0.3) is 5.52 Å². The molecule has 0 aliphatic rings. The molecule has 0 radical (unpaired) electrons. The van der Waals surface area contributed by atoms with Gasteiger partial charge in [0.2, 0.25) is 12.7 Å². The van der Waals surface area contributed by atoms with Gasteiger partial charge in [0, 0.05) is 28.2 Å². The maximum Gasteiger partial charge on any atom is 0.264 e. The molecule has 0 amide bonds. The average Bonchev–Trinajstić information content (AvgIpc) is 2.53. The summed E-state index contributed by atoms with van der Waals surface area (Å²) in [6.07, 6.45) is 7.85. The molecular formula is C17H23N2O3+. The molecule has 0 saturated carbocycles. The number of aromatic nitrogens is 1. The first kappa shape index (κ1) is 16.2. The summed E-state index contributed by atoms with van der Waals surface area (Å²) in [5.74, 6) is 0. The van der Waals surface area contributed by atoms with Gasteiger partial charge < -0.3 is 0 Å². The lowest BCUT2D eigenvalue weighted by atomic mass is 10.1. The molecule has 5 nitrogen and oxygen atoms in total. The molecule has 5 heteroatoms. The lowest BCUT2D eigenvalue weighted by Gasteiger charge is -2.02. The first-order valence-electron chi connectivity index (χ1n) is 7.92. The molecule has 1 heterocycles. The van der Waals surface area contributed by atoms with Gasteiger partial charge in [-0.1, -0.05) is 25.0 Å². The van der Waals surface area contributed by atoms with E-state index in [2.05, 4.69) is 12.1 Å². The Balaban J connectivity index is 1.61. The van der Waals surface area contributed by atoms with E-state index in [-0.39, 0.29) is 11.5 Å². The Bertz CT molecular complexity index is 596. The van der Waals surface area contributed by atoms with Crippen molar-refractivity contribution < 1.29 is 14.5 Å². The third kappa shape index (κ3) is 5.31. The van der Waals surface area contributed by atoms with E-state index in [0.717, 1.165) is 43.0 Å². The van der Waals surface area contributed by atoms with E-state index in [9.17, 15) is 10.1 Å². The van der Waals surface area contributed by atoms with E-state index in [1.165, 1.54) is 0 Å². The molecule has 2 aromatic rings. The van der Waals surface area contributed by atoms with Crippen molar-refractivity contribution in [2.75, 3.05) is 13.2 Å².